The first-order valence-electron chi connectivity index (χ1n) is 6.39. The van der Waals surface area contributed by atoms with Crippen molar-refractivity contribution >= 4 is 10.9 Å². The highest BCUT2D eigenvalue weighted by molar-refractivity contribution is 5.84. The standard InChI is InChI=1S/C16H12FNO/c1-19-16-7-5-12(10-14(16)17)11-4-6-15-13(9-11)3-2-8-18-15/h2-10H,1H3/i8D. The van der Waals surface area contributed by atoms with Crippen LogP contribution in [0.1, 0.15) is 1.37 Å². The molecule has 2 nitrogen and oxygen atoms in total. The van der Waals surface area contributed by atoms with Crippen molar-refractivity contribution in [1.29, 1.82) is 0 Å². The average Bonchev–Trinajstić information content (AvgIpc) is 2.46. The van der Waals surface area contributed by atoms with E-state index < -0.39 is 0 Å². The molecule has 3 rings (SSSR count). The molecule has 0 spiro atoms. The van der Waals surface area contributed by atoms with Crippen molar-refractivity contribution in [2.45, 2.75) is 0 Å². The quantitative estimate of drug-likeness (QED) is 0.688. The van der Waals surface area contributed by atoms with E-state index >= 15 is 0 Å². The molecule has 94 valence electrons. The molecule has 0 saturated carbocycles. The van der Waals surface area contributed by atoms with E-state index in [2.05, 4.69) is 4.98 Å². The van der Waals surface area contributed by atoms with Gasteiger partial charge in [-0.3, -0.25) is 4.98 Å². The molecule has 0 amide bonds. The second-order valence-corrected chi connectivity index (χ2v) is 4.20. The third-order valence-electron chi connectivity index (χ3n) is 3.04. The van der Waals surface area contributed by atoms with E-state index in [0.29, 0.717) is 0 Å². The normalized spacial score (nSPS) is 11.4. The number of pyridine rings is 1. The molecule has 0 bridgehead atoms. The van der Waals surface area contributed by atoms with E-state index in [1.807, 2.05) is 30.3 Å². The maximum atomic E-state index is 13.7. The smallest absolute Gasteiger partial charge is 0.165 e. The van der Waals surface area contributed by atoms with Crippen LogP contribution in [0.25, 0.3) is 22.0 Å². The van der Waals surface area contributed by atoms with Crippen LogP contribution in [0.3, 0.4) is 0 Å². The highest BCUT2D eigenvalue weighted by Crippen LogP contribution is 2.27. The number of rotatable bonds is 2. The van der Waals surface area contributed by atoms with Crippen molar-refractivity contribution in [2.24, 2.45) is 0 Å². The minimum absolute atomic E-state index is 0.232. The van der Waals surface area contributed by atoms with E-state index in [-0.39, 0.29) is 17.7 Å². The molecule has 0 aliphatic rings. The monoisotopic (exact) mass is 254 g/mol. The molecule has 0 aliphatic heterocycles. The molecule has 1 heterocycles. The molecule has 3 aromatic rings. The second-order valence-electron chi connectivity index (χ2n) is 4.20. The summed E-state index contributed by atoms with van der Waals surface area (Å²) in [6, 6.07) is 14.0. The number of fused-ring (bicyclic) bond motifs is 1. The van der Waals surface area contributed by atoms with E-state index in [9.17, 15) is 4.39 Å². The second kappa shape index (κ2) is 4.69. The van der Waals surface area contributed by atoms with Crippen LogP contribution in [-0.4, -0.2) is 12.1 Å². The lowest BCUT2D eigenvalue weighted by Gasteiger charge is -2.06. The molecule has 0 radical (unpaired) electrons. The molecule has 0 saturated heterocycles. The molecule has 0 fully saturated rings. The molecule has 2 aromatic carbocycles. The number of aromatic nitrogens is 1. The van der Waals surface area contributed by atoms with Crippen molar-refractivity contribution in [3.05, 3.63) is 60.5 Å². The van der Waals surface area contributed by atoms with Gasteiger partial charge in [0.25, 0.3) is 0 Å². The predicted molar refractivity (Wildman–Crippen MR) is 73.7 cm³/mol. The SMILES string of the molecule is [2H]c1ccc2cc(-c3ccc(OC)c(F)c3)ccc2n1. The maximum absolute atomic E-state index is 13.7. The van der Waals surface area contributed by atoms with Crippen LogP contribution >= 0.6 is 0 Å². The molecular weight excluding hydrogens is 241 g/mol. The van der Waals surface area contributed by atoms with E-state index in [4.69, 9.17) is 6.11 Å². The van der Waals surface area contributed by atoms with Crippen LogP contribution in [0.15, 0.2) is 54.7 Å². The number of nitrogens with zero attached hydrogens (tertiary/aromatic N) is 1. The first kappa shape index (κ1) is 10.5. The zero-order valence-corrected chi connectivity index (χ0v) is 10.4. The Bertz CT molecular complexity index is 789. The first-order chi connectivity index (χ1) is 9.67. The lowest BCUT2D eigenvalue weighted by Crippen LogP contribution is -1.88. The summed E-state index contributed by atoms with van der Waals surface area (Å²) in [7, 11) is 1.44. The van der Waals surface area contributed by atoms with Crippen molar-refractivity contribution in [3.8, 4) is 16.9 Å². The van der Waals surface area contributed by atoms with Gasteiger partial charge in [-0.05, 0) is 41.5 Å². The lowest BCUT2D eigenvalue weighted by atomic mass is 10.0. The third-order valence-corrected chi connectivity index (χ3v) is 3.04. The zero-order valence-electron chi connectivity index (χ0n) is 11.4. The van der Waals surface area contributed by atoms with Gasteiger partial charge in [0.05, 0.1) is 14.0 Å². The summed E-state index contributed by atoms with van der Waals surface area (Å²) in [5.74, 6) is -0.153. The summed E-state index contributed by atoms with van der Waals surface area (Å²) < 4.78 is 26.1. The summed E-state index contributed by atoms with van der Waals surface area (Å²) in [5, 5.41) is 0.926. The minimum atomic E-state index is -0.385. The highest BCUT2D eigenvalue weighted by atomic mass is 19.1. The summed E-state index contributed by atoms with van der Waals surface area (Å²) in [4.78, 5) is 4.13. The Labute approximate surface area is 111 Å². The Morgan fingerprint density at radius 3 is 2.68 bits per heavy atom. The Balaban J connectivity index is 2.10. The van der Waals surface area contributed by atoms with Gasteiger partial charge in [0.1, 0.15) is 0 Å². The fraction of sp³-hybridized carbons (Fsp3) is 0.0625. The molecule has 19 heavy (non-hydrogen) atoms. The van der Waals surface area contributed by atoms with Crippen molar-refractivity contribution in [1.82, 2.24) is 4.98 Å². The number of hydrogen-bond acceptors (Lipinski definition) is 2. The van der Waals surface area contributed by atoms with Gasteiger partial charge in [-0.25, -0.2) is 4.39 Å². The first-order valence-corrected chi connectivity index (χ1v) is 5.89. The number of benzene rings is 2. The molecule has 0 N–H and O–H groups in total. The Hall–Kier alpha value is -2.42. The van der Waals surface area contributed by atoms with Gasteiger partial charge in [0, 0.05) is 11.6 Å². The van der Waals surface area contributed by atoms with Crippen LogP contribution in [-0.2, 0) is 0 Å². The molecule has 1 aromatic heterocycles. The van der Waals surface area contributed by atoms with Gasteiger partial charge >= 0.3 is 0 Å². The van der Waals surface area contributed by atoms with Gasteiger partial charge in [0.2, 0.25) is 0 Å². The van der Waals surface area contributed by atoms with Crippen LogP contribution < -0.4 is 4.74 Å². The highest BCUT2D eigenvalue weighted by Gasteiger charge is 2.06. The summed E-state index contributed by atoms with van der Waals surface area (Å²) in [5.41, 5.74) is 2.44. The minimum Gasteiger partial charge on any atom is -0.494 e. The third kappa shape index (κ3) is 2.15. The van der Waals surface area contributed by atoms with Crippen LogP contribution in [0.5, 0.6) is 5.75 Å². The number of methoxy groups -OCH3 is 1. The number of hydrogen-bond donors (Lipinski definition) is 0. The molecule has 0 atom stereocenters. The molecule has 3 heteroatoms. The predicted octanol–water partition coefficient (Wildman–Crippen LogP) is 4.05. The Morgan fingerprint density at radius 2 is 1.89 bits per heavy atom. The number of halogens is 1. The van der Waals surface area contributed by atoms with Gasteiger partial charge in [-0.2, -0.15) is 0 Å². The van der Waals surface area contributed by atoms with Crippen LogP contribution in [0, 0.1) is 5.82 Å². The fourth-order valence-electron chi connectivity index (χ4n) is 2.05. The maximum Gasteiger partial charge on any atom is 0.165 e. The van der Waals surface area contributed by atoms with Crippen molar-refractivity contribution in [2.75, 3.05) is 7.11 Å². The summed E-state index contributed by atoms with van der Waals surface area (Å²) in [6.07, 6.45) is 0.237. The Morgan fingerprint density at radius 1 is 1.11 bits per heavy atom. The summed E-state index contributed by atoms with van der Waals surface area (Å²) in [6.45, 7) is 0. The average molecular weight is 254 g/mol. The summed E-state index contributed by atoms with van der Waals surface area (Å²) >= 11 is 0. The number of ether oxygens (including phenoxy) is 1. The van der Waals surface area contributed by atoms with Crippen LogP contribution in [0.4, 0.5) is 4.39 Å². The zero-order chi connectivity index (χ0) is 14.1. The fourth-order valence-corrected chi connectivity index (χ4v) is 2.05. The topological polar surface area (TPSA) is 22.1 Å². The van der Waals surface area contributed by atoms with E-state index in [1.54, 1.807) is 12.1 Å². The lowest BCUT2D eigenvalue weighted by molar-refractivity contribution is 0.386. The molecule has 0 unspecified atom stereocenters. The van der Waals surface area contributed by atoms with Gasteiger partial charge < -0.3 is 4.74 Å². The van der Waals surface area contributed by atoms with Crippen molar-refractivity contribution < 1.29 is 10.5 Å². The van der Waals surface area contributed by atoms with Gasteiger partial charge in [-0.1, -0.05) is 18.2 Å². The van der Waals surface area contributed by atoms with Gasteiger partial charge in [0.15, 0.2) is 11.6 Å². The van der Waals surface area contributed by atoms with E-state index in [1.165, 1.54) is 13.2 Å². The largest absolute Gasteiger partial charge is 0.494 e. The Kier molecular flexibility index (Phi) is 2.59. The van der Waals surface area contributed by atoms with Crippen LogP contribution in [0.2, 0.25) is 0 Å². The molecular formula is C16H12FNO. The van der Waals surface area contributed by atoms with Gasteiger partial charge in [-0.15, -0.1) is 0 Å². The van der Waals surface area contributed by atoms with Crippen molar-refractivity contribution in [3.63, 3.8) is 0 Å². The molecule has 0 aliphatic carbocycles. The van der Waals surface area contributed by atoms with E-state index in [0.717, 1.165) is 22.0 Å².